The molecule has 0 amide bonds. The summed E-state index contributed by atoms with van der Waals surface area (Å²) in [5.74, 6) is -0.541. The average Bonchev–Trinajstić information content (AvgIpc) is 3.05. The van der Waals surface area contributed by atoms with Gasteiger partial charge in [-0.1, -0.05) is 24.3 Å². The number of nitrogens with two attached hydrogens (primary N) is 1. The van der Waals surface area contributed by atoms with Crippen molar-refractivity contribution in [3.05, 3.63) is 58.1 Å². The number of esters is 1. The number of ether oxygens (including phenoxy) is 1. The van der Waals surface area contributed by atoms with Gasteiger partial charge in [-0.25, -0.2) is 0 Å². The first-order valence-corrected chi connectivity index (χ1v) is 9.68. The number of hydrogen-bond acceptors (Lipinski definition) is 5. The predicted octanol–water partition coefficient (Wildman–Crippen LogP) is 3.93. The van der Waals surface area contributed by atoms with Gasteiger partial charge in [-0.3, -0.25) is 4.79 Å². The summed E-state index contributed by atoms with van der Waals surface area (Å²) >= 11 is 0. The lowest BCUT2D eigenvalue weighted by Gasteiger charge is -2.34. The summed E-state index contributed by atoms with van der Waals surface area (Å²) in [6.45, 7) is 5.78. The van der Waals surface area contributed by atoms with E-state index in [0.29, 0.717) is 5.69 Å². The third-order valence-corrected chi connectivity index (χ3v) is 6.12. The van der Waals surface area contributed by atoms with Crippen molar-refractivity contribution >= 4 is 17.3 Å². The van der Waals surface area contributed by atoms with E-state index in [1.54, 1.807) is 0 Å². The Balaban J connectivity index is 2.22. The van der Waals surface area contributed by atoms with Gasteiger partial charge < -0.3 is 20.9 Å². The summed E-state index contributed by atoms with van der Waals surface area (Å²) in [5, 5.41) is 13.5. The lowest BCUT2D eigenvalue weighted by molar-refractivity contribution is -0.151. The molecule has 1 unspecified atom stereocenters. The van der Waals surface area contributed by atoms with Gasteiger partial charge in [0.15, 0.2) is 0 Å². The molecular weight excluding hydrogens is 352 g/mol. The highest BCUT2D eigenvalue weighted by Crippen LogP contribution is 2.46. The molecule has 2 aromatic rings. The number of nitrogens with one attached hydrogen (secondary N) is 1. The van der Waals surface area contributed by atoms with Crippen LogP contribution in [0, 0.1) is 12.3 Å². The molecule has 0 radical (unpaired) electrons. The second-order valence-electron chi connectivity index (χ2n) is 8.15. The van der Waals surface area contributed by atoms with E-state index in [4.69, 9.17) is 10.5 Å². The van der Waals surface area contributed by atoms with Gasteiger partial charge in [-0.2, -0.15) is 0 Å². The summed E-state index contributed by atoms with van der Waals surface area (Å²) in [5.41, 5.74) is 12.1. The number of aryl methyl sites for hydroxylation is 1. The predicted molar refractivity (Wildman–Crippen MR) is 113 cm³/mol. The standard InChI is InChI=1S/C23H30N2O3/c1-13-16(9-10-18(25-4)21(13)24)20(23(2,3)22(27)28-5)15-7-6-14-8-11-19(26)17(14)12-15/h6-7,9-10,12,19-20,25-26H,8,11,24H2,1-5H3/t19?,20-/m1/s1. The van der Waals surface area contributed by atoms with Gasteiger partial charge in [0.2, 0.25) is 0 Å². The van der Waals surface area contributed by atoms with Crippen LogP contribution in [0.25, 0.3) is 0 Å². The average molecular weight is 383 g/mol. The Morgan fingerprint density at radius 2 is 2.04 bits per heavy atom. The van der Waals surface area contributed by atoms with Crippen LogP contribution in [0.3, 0.4) is 0 Å². The van der Waals surface area contributed by atoms with Gasteiger partial charge in [0.05, 0.1) is 30.0 Å². The van der Waals surface area contributed by atoms with E-state index in [1.165, 1.54) is 12.7 Å². The first-order chi connectivity index (χ1) is 13.2. The number of hydrogen-bond donors (Lipinski definition) is 3. The van der Waals surface area contributed by atoms with Crippen LogP contribution >= 0.6 is 0 Å². The zero-order valence-corrected chi connectivity index (χ0v) is 17.3. The first-order valence-electron chi connectivity index (χ1n) is 9.68. The normalized spacial score (nSPS) is 17.1. The lowest BCUT2D eigenvalue weighted by Crippen LogP contribution is -2.34. The van der Waals surface area contributed by atoms with Gasteiger partial charge >= 0.3 is 5.97 Å². The molecule has 4 N–H and O–H groups in total. The quantitative estimate of drug-likeness (QED) is 0.539. The fraction of sp³-hybridized carbons (Fsp3) is 0.435. The third kappa shape index (κ3) is 3.24. The minimum Gasteiger partial charge on any atom is -0.469 e. The molecule has 0 heterocycles. The molecule has 2 atom stereocenters. The maximum Gasteiger partial charge on any atom is 0.312 e. The zero-order chi connectivity index (χ0) is 20.6. The van der Waals surface area contributed by atoms with Crippen molar-refractivity contribution < 1.29 is 14.6 Å². The number of methoxy groups -OCH3 is 1. The molecule has 0 aromatic heterocycles. The summed E-state index contributed by atoms with van der Waals surface area (Å²) in [6.07, 6.45) is 1.17. The van der Waals surface area contributed by atoms with E-state index in [1.807, 2.05) is 46.0 Å². The number of carbonyl (C=O) groups is 1. The largest absolute Gasteiger partial charge is 0.469 e. The minimum atomic E-state index is -0.815. The van der Waals surface area contributed by atoms with Crippen LogP contribution in [0.2, 0.25) is 0 Å². The van der Waals surface area contributed by atoms with Crippen molar-refractivity contribution in [2.24, 2.45) is 5.41 Å². The van der Waals surface area contributed by atoms with Crippen LogP contribution in [0.5, 0.6) is 0 Å². The summed E-state index contributed by atoms with van der Waals surface area (Å²) in [6, 6.07) is 10.1. The molecule has 0 spiro atoms. The molecule has 2 aromatic carbocycles. The molecule has 0 saturated heterocycles. The molecule has 1 aliphatic carbocycles. The third-order valence-electron chi connectivity index (χ3n) is 6.12. The molecule has 0 bridgehead atoms. The Hall–Kier alpha value is -2.53. The highest BCUT2D eigenvalue weighted by atomic mass is 16.5. The van der Waals surface area contributed by atoms with Gasteiger partial charge in [-0.15, -0.1) is 0 Å². The molecule has 150 valence electrons. The highest BCUT2D eigenvalue weighted by molar-refractivity contribution is 5.79. The molecule has 0 saturated carbocycles. The van der Waals surface area contributed by atoms with Crippen molar-refractivity contribution in [1.82, 2.24) is 0 Å². The van der Waals surface area contributed by atoms with Crippen molar-refractivity contribution in [3.63, 3.8) is 0 Å². The SMILES string of the molecule is CNc1ccc([C@@H](c2ccc3c(c2)C(O)CC3)C(C)(C)C(=O)OC)c(C)c1N. The Labute approximate surface area is 166 Å². The van der Waals surface area contributed by atoms with Crippen LogP contribution in [-0.4, -0.2) is 25.2 Å². The van der Waals surface area contributed by atoms with E-state index in [0.717, 1.165) is 40.8 Å². The van der Waals surface area contributed by atoms with E-state index >= 15 is 0 Å². The number of benzene rings is 2. The number of carbonyl (C=O) groups excluding carboxylic acids is 1. The molecule has 0 aliphatic heterocycles. The Morgan fingerprint density at radius 1 is 1.32 bits per heavy atom. The van der Waals surface area contributed by atoms with E-state index in [-0.39, 0.29) is 11.9 Å². The smallest absolute Gasteiger partial charge is 0.312 e. The number of nitrogen functional groups attached to an aromatic ring is 1. The van der Waals surface area contributed by atoms with Gasteiger partial charge in [0, 0.05) is 13.0 Å². The summed E-state index contributed by atoms with van der Waals surface area (Å²) < 4.78 is 5.14. The molecule has 0 fully saturated rings. The molecular formula is C23H30N2O3. The van der Waals surface area contributed by atoms with E-state index in [2.05, 4.69) is 17.4 Å². The zero-order valence-electron chi connectivity index (χ0n) is 17.3. The van der Waals surface area contributed by atoms with Crippen LogP contribution in [0.1, 0.15) is 60.1 Å². The van der Waals surface area contributed by atoms with E-state index < -0.39 is 11.5 Å². The van der Waals surface area contributed by atoms with Crippen LogP contribution in [0.4, 0.5) is 11.4 Å². The van der Waals surface area contributed by atoms with Gasteiger partial charge in [0.25, 0.3) is 0 Å². The molecule has 3 rings (SSSR count). The maximum atomic E-state index is 12.7. The summed E-state index contributed by atoms with van der Waals surface area (Å²) in [4.78, 5) is 12.7. The first kappa shape index (κ1) is 20.2. The number of rotatable bonds is 5. The fourth-order valence-corrected chi connectivity index (χ4v) is 4.42. The topological polar surface area (TPSA) is 84.6 Å². The van der Waals surface area contributed by atoms with Gasteiger partial charge in [0.1, 0.15) is 0 Å². The lowest BCUT2D eigenvalue weighted by atomic mass is 9.69. The molecule has 1 aliphatic rings. The number of aliphatic hydroxyl groups is 1. The van der Waals surface area contributed by atoms with Crippen LogP contribution in [-0.2, 0) is 16.0 Å². The van der Waals surface area contributed by atoms with Crippen molar-refractivity contribution in [3.8, 4) is 0 Å². The fourth-order valence-electron chi connectivity index (χ4n) is 4.42. The maximum absolute atomic E-state index is 12.7. The Kier molecular flexibility index (Phi) is 5.39. The number of anilines is 2. The molecule has 5 nitrogen and oxygen atoms in total. The van der Waals surface area contributed by atoms with Crippen molar-refractivity contribution in [2.45, 2.75) is 45.6 Å². The minimum absolute atomic E-state index is 0.258. The van der Waals surface area contributed by atoms with Crippen LogP contribution < -0.4 is 11.1 Å². The Bertz CT molecular complexity index is 905. The second-order valence-corrected chi connectivity index (χ2v) is 8.15. The summed E-state index contributed by atoms with van der Waals surface area (Å²) in [7, 11) is 3.25. The van der Waals surface area contributed by atoms with Crippen molar-refractivity contribution in [1.29, 1.82) is 0 Å². The van der Waals surface area contributed by atoms with Crippen LogP contribution in [0.15, 0.2) is 30.3 Å². The van der Waals surface area contributed by atoms with Gasteiger partial charge in [-0.05, 0) is 67.5 Å². The monoisotopic (exact) mass is 382 g/mol. The van der Waals surface area contributed by atoms with E-state index in [9.17, 15) is 9.90 Å². The number of fused-ring (bicyclic) bond motifs is 1. The Morgan fingerprint density at radius 3 is 2.68 bits per heavy atom. The molecule has 5 heteroatoms. The number of aliphatic hydroxyl groups excluding tert-OH is 1. The highest BCUT2D eigenvalue weighted by Gasteiger charge is 2.41. The second kappa shape index (κ2) is 7.47. The molecule has 28 heavy (non-hydrogen) atoms. The van der Waals surface area contributed by atoms with Crippen molar-refractivity contribution in [2.75, 3.05) is 25.2 Å².